The summed E-state index contributed by atoms with van der Waals surface area (Å²) in [7, 11) is 0. The van der Waals surface area contributed by atoms with Crippen LogP contribution in [0.5, 0.6) is 0 Å². The van der Waals surface area contributed by atoms with E-state index < -0.39 is 0 Å². The fourth-order valence-electron chi connectivity index (χ4n) is 3.99. The van der Waals surface area contributed by atoms with Crippen LogP contribution in [0.4, 0.5) is 0 Å². The summed E-state index contributed by atoms with van der Waals surface area (Å²) in [6, 6.07) is 0.860. The highest BCUT2D eigenvalue weighted by Crippen LogP contribution is 2.35. The van der Waals surface area contributed by atoms with Gasteiger partial charge in [0.2, 0.25) is 5.91 Å². The zero-order valence-corrected chi connectivity index (χ0v) is 13.8. The number of likely N-dealkylation sites (tertiary alicyclic amines) is 1. The Morgan fingerprint density at radius 1 is 1.24 bits per heavy atom. The Balaban J connectivity index is 1.93. The van der Waals surface area contributed by atoms with Crippen LogP contribution in [0.3, 0.4) is 0 Å². The molecule has 2 fully saturated rings. The van der Waals surface area contributed by atoms with Gasteiger partial charge in [-0.05, 0) is 51.9 Å². The number of hydrogen-bond acceptors (Lipinski definition) is 3. The highest BCUT2D eigenvalue weighted by atomic mass is 16.3. The number of fused-ring (bicyclic) bond motifs is 1. The van der Waals surface area contributed by atoms with E-state index in [1.54, 1.807) is 0 Å². The quantitative estimate of drug-likeness (QED) is 0.817. The lowest BCUT2D eigenvalue weighted by atomic mass is 9.78. The summed E-state index contributed by atoms with van der Waals surface area (Å²) in [6.45, 7) is 6.73. The van der Waals surface area contributed by atoms with Crippen LogP contribution in [0.1, 0.15) is 58.8 Å². The second kappa shape index (κ2) is 8.14. The van der Waals surface area contributed by atoms with Gasteiger partial charge >= 0.3 is 0 Å². The smallest absolute Gasteiger partial charge is 0.237 e. The first kappa shape index (κ1) is 16.8. The fourth-order valence-corrected chi connectivity index (χ4v) is 3.99. The van der Waals surface area contributed by atoms with Crippen LogP contribution in [0.2, 0.25) is 0 Å². The summed E-state index contributed by atoms with van der Waals surface area (Å²) in [5.74, 6) is 1.06. The molecular weight excluding hydrogens is 264 g/mol. The second-order valence-corrected chi connectivity index (χ2v) is 6.98. The van der Waals surface area contributed by atoms with Crippen LogP contribution in [0, 0.1) is 5.92 Å². The number of amides is 1. The third-order valence-corrected chi connectivity index (χ3v) is 5.24. The molecule has 1 amide bonds. The van der Waals surface area contributed by atoms with Gasteiger partial charge in [-0.1, -0.05) is 12.8 Å². The molecule has 0 spiro atoms. The first-order chi connectivity index (χ1) is 10.1. The number of aliphatic hydroxyl groups is 1. The minimum absolute atomic E-state index is 0.200. The molecule has 4 heteroatoms. The summed E-state index contributed by atoms with van der Waals surface area (Å²) in [5, 5.41) is 9.01. The molecule has 1 N–H and O–H groups in total. The SMILES string of the molecule is CC(C)N(CCCO)CC(=O)N1CCCC2CCCCC21. The van der Waals surface area contributed by atoms with E-state index in [0.717, 1.165) is 25.4 Å². The molecule has 1 saturated heterocycles. The Hall–Kier alpha value is -0.610. The van der Waals surface area contributed by atoms with Crippen molar-refractivity contribution in [3.8, 4) is 0 Å². The predicted octanol–water partition coefficient (Wildman–Crippen LogP) is 2.26. The van der Waals surface area contributed by atoms with Gasteiger partial charge in [0, 0.05) is 31.8 Å². The molecule has 2 atom stereocenters. The summed E-state index contributed by atoms with van der Waals surface area (Å²) in [4.78, 5) is 17.1. The molecule has 4 nitrogen and oxygen atoms in total. The van der Waals surface area contributed by atoms with E-state index >= 15 is 0 Å². The van der Waals surface area contributed by atoms with Gasteiger partial charge in [0.1, 0.15) is 0 Å². The highest BCUT2D eigenvalue weighted by Gasteiger charge is 2.35. The number of carbonyl (C=O) groups excluding carboxylic acids is 1. The molecule has 21 heavy (non-hydrogen) atoms. The van der Waals surface area contributed by atoms with Crippen molar-refractivity contribution < 1.29 is 9.90 Å². The number of hydrogen-bond donors (Lipinski definition) is 1. The Kier molecular flexibility index (Phi) is 6.49. The maximum atomic E-state index is 12.8. The Morgan fingerprint density at radius 2 is 1.95 bits per heavy atom. The molecule has 0 radical (unpaired) electrons. The van der Waals surface area contributed by atoms with E-state index in [1.165, 1.54) is 38.5 Å². The lowest BCUT2D eigenvalue weighted by Crippen LogP contribution is -2.53. The number of piperidine rings is 1. The normalized spacial score (nSPS) is 26.2. The van der Waals surface area contributed by atoms with Crippen LogP contribution in [0.15, 0.2) is 0 Å². The van der Waals surface area contributed by atoms with Crippen LogP contribution in [-0.4, -0.2) is 59.1 Å². The van der Waals surface area contributed by atoms with E-state index in [4.69, 9.17) is 5.11 Å². The van der Waals surface area contributed by atoms with Crippen LogP contribution >= 0.6 is 0 Å². The van der Waals surface area contributed by atoms with Crippen molar-refractivity contribution in [1.82, 2.24) is 9.80 Å². The summed E-state index contributed by atoms with van der Waals surface area (Å²) < 4.78 is 0. The molecule has 2 unspecified atom stereocenters. The molecule has 0 aromatic heterocycles. The van der Waals surface area contributed by atoms with Gasteiger partial charge in [0.15, 0.2) is 0 Å². The van der Waals surface area contributed by atoms with Crippen molar-refractivity contribution in [2.45, 2.75) is 70.9 Å². The highest BCUT2D eigenvalue weighted by molar-refractivity contribution is 5.78. The van der Waals surface area contributed by atoms with Gasteiger partial charge in [0.05, 0.1) is 6.54 Å². The second-order valence-electron chi connectivity index (χ2n) is 6.98. The molecule has 1 saturated carbocycles. The lowest BCUT2D eigenvalue weighted by molar-refractivity contribution is -0.139. The van der Waals surface area contributed by atoms with E-state index in [-0.39, 0.29) is 6.61 Å². The topological polar surface area (TPSA) is 43.8 Å². The number of aliphatic hydroxyl groups excluding tert-OH is 1. The Labute approximate surface area is 129 Å². The predicted molar refractivity (Wildman–Crippen MR) is 85.1 cm³/mol. The Morgan fingerprint density at radius 3 is 2.67 bits per heavy atom. The number of nitrogens with zero attached hydrogens (tertiary/aromatic N) is 2. The average molecular weight is 296 g/mol. The van der Waals surface area contributed by atoms with Crippen molar-refractivity contribution in [1.29, 1.82) is 0 Å². The molecule has 1 heterocycles. The summed E-state index contributed by atoms with van der Waals surface area (Å²) in [5.41, 5.74) is 0. The van der Waals surface area contributed by atoms with E-state index in [2.05, 4.69) is 23.6 Å². The Bertz CT molecular complexity index is 331. The van der Waals surface area contributed by atoms with Crippen molar-refractivity contribution in [2.24, 2.45) is 5.92 Å². The monoisotopic (exact) mass is 296 g/mol. The molecule has 0 bridgehead atoms. The van der Waals surface area contributed by atoms with E-state index in [1.807, 2.05) is 0 Å². The van der Waals surface area contributed by atoms with Gasteiger partial charge in [-0.2, -0.15) is 0 Å². The molecule has 122 valence electrons. The summed E-state index contributed by atoms with van der Waals surface area (Å²) >= 11 is 0. The molecule has 2 aliphatic rings. The first-order valence-electron chi connectivity index (χ1n) is 8.78. The van der Waals surface area contributed by atoms with E-state index in [0.29, 0.717) is 24.5 Å². The van der Waals surface area contributed by atoms with Gasteiger partial charge in [-0.3, -0.25) is 9.69 Å². The first-order valence-corrected chi connectivity index (χ1v) is 8.78. The van der Waals surface area contributed by atoms with Crippen LogP contribution in [0.25, 0.3) is 0 Å². The largest absolute Gasteiger partial charge is 0.396 e. The zero-order valence-electron chi connectivity index (χ0n) is 13.8. The van der Waals surface area contributed by atoms with Gasteiger partial charge in [0.25, 0.3) is 0 Å². The van der Waals surface area contributed by atoms with Gasteiger partial charge in [-0.15, -0.1) is 0 Å². The van der Waals surface area contributed by atoms with Crippen molar-refractivity contribution >= 4 is 5.91 Å². The minimum Gasteiger partial charge on any atom is -0.396 e. The van der Waals surface area contributed by atoms with E-state index in [9.17, 15) is 4.79 Å². The molecule has 0 aromatic rings. The van der Waals surface area contributed by atoms with Crippen molar-refractivity contribution in [3.63, 3.8) is 0 Å². The molecule has 1 aliphatic heterocycles. The molecular formula is C17H32N2O2. The number of carbonyl (C=O) groups is 1. The zero-order chi connectivity index (χ0) is 15.2. The maximum absolute atomic E-state index is 12.8. The minimum atomic E-state index is 0.200. The molecule has 2 rings (SSSR count). The standard InChI is InChI=1S/C17H32N2O2/c1-14(2)18(10-6-12-20)13-17(21)19-11-5-8-15-7-3-4-9-16(15)19/h14-16,20H,3-13H2,1-2H3. The third kappa shape index (κ3) is 4.43. The molecule has 1 aliphatic carbocycles. The summed E-state index contributed by atoms with van der Waals surface area (Å²) in [6.07, 6.45) is 8.37. The van der Waals surface area contributed by atoms with Crippen LogP contribution in [-0.2, 0) is 4.79 Å². The average Bonchev–Trinajstić information content (AvgIpc) is 2.50. The van der Waals surface area contributed by atoms with Gasteiger partial charge < -0.3 is 10.0 Å². The lowest BCUT2D eigenvalue weighted by Gasteiger charge is -2.45. The van der Waals surface area contributed by atoms with Crippen molar-refractivity contribution in [2.75, 3.05) is 26.2 Å². The third-order valence-electron chi connectivity index (χ3n) is 5.24. The maximum Gasteiger partial charge on any atom is 0.237 e. The number of rotatable bonds is 6. The van der Waals surface area contributed by atoms with Crippen molar-refractivity contribution in [3.05, 3.63) is 0 Å². The fraction of sp³-hybridized carbons (Fsp3) is 0.941. The van der Waals surface area contributed by atoms with Gasteiger partial charge in [-0.25, -0.2) is 0 Å². The molecule has 0 aromatic carbocycles. The van der Waals surface area contributed by atoms with Crippen LogP contribution < -0.4 is 0 Å².